The molecule has 0 radical (unpaired) electrons. The normalized spacial score (nSPS) is 16.1. The van der Waals surface area contributed by atoms with E-state index in [9.17, 15) is 0 Å². The van der Waals surface area contributed by atoms with Crippen LogP contribution in [0, 0.1) is 6.92 Å². The van der Waals surface area contributed by atoms with Gasteiger partial charge in [-0.1, -0.05) is 18.2 Å². The number of nitrogens with zero attached hydrogens (tertiary/aromatic N) is 2. The maximum absolute atomic E-state index is 4.65. The summed E-state index contributed by atoms with van der Waals surface area (Å²) >= 11 is 0. The fraction of sp³-hybridized carbons (Fsp3) is 0.333. The van der Waals surface area contributed by atoms with E-state index in [-0.39, 0.29) is 5.54 Å². The molecule has 98 valence electrons. The van der Waals surface area contributed by atoms with Gasteiger partial charge in [-0.3, -0.25) is 0 Å². The topological polar surface area (TPSA) is 49.8 Å². The molecule has 0 aliphatic heterocycles. The number of para-hydroxylation sites is 1. The molecule has 0 atom stereocenters. The second-order valence-corrected chi connectivity index (χ2v) is 5.04. The number of aromatic nitrogens is 2. The summed E-state index contributed by atoms with van der Waals surface area (Å²) in [7, 11) is 1.99. The molecule has 3 rings (SSSR count). The van der Waals surface area contributed by atoms with E-state index in [1.54, 1.807) is 0 Å². The fourth-order valence-corrected chi connectivity index (χ4v) is 2.28. The van der Waals surface area contributed by atoms with Crippen molar-refractivity contribution in [2.75, 3.05) is 12.4 Å². The van der Waals surface area contributed by atoms with E-state index in [1.807, 2.05) is 44.3 Å². The first kappa shape index (κ1) is 12.1. The summed E-state index contributed by atoms with van der Waals surface area (Å²) in [5, 5.41) is 6.63. The van der Waals surface area contributed by atoms with Gasteiger partial charge in [0.25, 0.3) is 0 Å². The van der Waals surface area contributed by atoms with Gasteiger partial charge in [0.05, 0.1) is 11.2 Å². The summed E-state index contributed by atoms with van der Waals surface area (Å²) in [6, 6.07) is 12.1. The minimum atomic E-state index is 0.0703. The lowest BCUT2D eigenvalue weighted by Crippen LogP contribution is -2.26. The van der Waals surface area contributed by atoms with Crippen LogP contribution in [0.1, 0.15) is 24.2 Å². The molecule has 2 aromatic rings. The Morgan fingerprint density at radius 1 is 1.11 bits per heavy atom. The summed E-state index contributed by atoms with van der Waals surface area (Å²) in [5.41, 5.74) is 3.15. The van der Waals surface area contributed by atoms with Crippen LogP contribution < -0.4 is 10.6 Å². The number of hydrogen-bond acceptors (Lipinski definition) is 4. The lowest BCUT2D eigenvalue weighted by molar-refractivity contribution is 0.566. The van der Waals surface area contributed by atoms with Crippen LogP contribution in [0.4, 0.5) is 11.6 Å². The van der Waals surface area contributed by atoms with Gasteiger partial charge in [0.1, 0.15) is 0 Å². The molecule has 0 spiro atoms. The highest BCUT2D eigenvalue weighted by molar-refractivity contribution is 5.53. The van der Waals surface area contributed by atoms with Crippen LogP contribution in [0.3, 0.4) is 0 Å². The quantitative estimate of drug-likeness (QED) is 0.881. The first-order chi connectivity index (χ1) is 9.22. The Bertz CT molecular complexity index is 576. The third kappa shape index (κ3) is 2.44. The molecule has 1 heterocycles. The monoisotopic (exact) mass is 254 g/mol. The molecule has 1 fully saturated rings. The zero-order valence-electron chi connectivity index (χ0n) is 11.3. The average molecular weight is 254 g/mol. The van der Waals surface area contributed by atoms with Gasteiger partial charge in [-0.15, -0.1) is 0 Å². The number of anilines is 2. The number of aryl methyl sites for hydroxylation is 1. The lowest BCUT2D eigenvalue weighted by Gasteiger charge is -2.15. The number of nitrogens with one attached hydrogen (secondary N) is 2. The molecule has 19 heavy (non-hydrogen) atoms. The first-order valence-electron chi connectivity index (χ1n) is 6.59. The van der Waals surface area contributed by atoms with Crippen LogP contribution >= 0.6 is 0 Å². The highest BCUT2D eigenvalue weighted by Crippen LogP contribution is 2.44. The molecule has 4 nitrogen and oxygen atoms in total. The molecule has 0 bridgehead atoms. The van der Waals surface area contributed by atoms with Crippen molar-refractivity contribution >= 4 is 11.6 Å². The van der Waals surface area contributed by atoms with E-state index in [0.717, 1.165) is 29.9 Å². The molecule has 1 aliphatic carbocycles. The molecule has 1 aromatic heterocycles. The minimum Gasteiger partial charge on any atom is -0.324 e. The third-order valence-corrected chi connectivity index (χ3v) is 3.60. The smallest absolute Gasteiger partial charge is 0.227 e. The van der Waals surface area contributed by atoms with Gasteiger partial charge in [0.2, 0.25) is 5.95 Å². The van der Waals surface area contributed by atoms with Crippen molar-refractivity contribution in [3.8, 4) is 0 Å². The minimum absolute atomic E-state index is 0.0703. The molecule has 4 heteroatoms. The van der Waals surface area contributed by atoms with Gasteiger partial charge in [-0.2, -0.15) is 0 Å². The van der Waals surface area contributed by atoms with Crippen LogP contribution in [0.25, 0.3) is 0 Å². The fourth-order valence-electron chi connectivity index (χ4n) is 2.28. The highest BCUT2D eigenvalue weighted by Gasteiger charge is 2.44. The Labute approximate surface area is 113 Å². The predicted molar refractivity (Wildman–Crippen MR) is 76.5 cm³/mol. The van der Waals surface area contributed by atoms with E-state index < -0.39 is 0 Å². The van der Waals surface area contributed by atoms with Crippen LogP contribution in [0.15, 0.2) is 36.4 Å². The average Bonchev–Trinajstić information content (AvgIpc) is 3.20. The van der Waals surface area contributed by atoms with E-state index in [2.05, 4.69) is 26.7 Å². The largest absolute Gasteiger partial charge is 0.324 e. The molecule has 1 saturated carbocycles. The van der Waals surface area contributed by atoms with Crippen molar-refractivity contribution in [3.05, 3.63) is 47.8 Å². The Kier molecular flexibility index (Phi) is 2.95. The SMILES string of the molecule is CNC1(c2cc(C)nc(Nc3ccccc3)n2)CC1. The predicted octanol–water partition coefficient (Wildman–Crippen LogP) is 2.74. The van der Waals surface area contributed by atoms with Crippen LogP contribution in [0.5, 0.6) is 0 Å². The summed E-state index contributed by atoms with van der Waals surface area (Å²) in [6.45, 7) is 2.01. The second-order valence-electron chi connectivity index (χ2n) is 5.04. The van der Waals surface area contributed by atoms with Crippen molar-refractivity contribution in [2.45, 2.75) is 25.3 Å². The molecule has 1 aliphatic rings. The molecule has 1 aromatic carbocycles. The van der Waals surface area contributed by atoms with Gasteiger partial charge < -0.3 is 10.6 Å². The van der Waals surface area contributed by atoms with Crippen molar-refractivity contribution in [1.82, 2.24) is 15.3 Å². The molecular weight excluding hydrogens is 236 g/mol. The van der Waals surface area contributed by atoms with Gasteiger partial charge in [0, 0.05) is 11.4 Å². The Morgan fingerprint density at radius 3 is 2.47 bits per heavy atom. The van der Waals surface area contributed by atoms with E-state index in [4.69, 9.17) is 0 Å². The molecule has 0 unspecified atom stereocenters. The van der Waals surface area contributed by atoms with Crippen LogP contribution in [-0.4, -0.2) is 17.0 Å². The molecular formula is C15H18N4. The van der Waals surface area contributed by atoms with Crippen molar-refractivity contribution in [3.63, 3.8) is 0 Å². The van der Waals surface area contributed by atoms with Crippen molar-refractivity contribution in [1.29, 1.82) is 0 Å². The third-order valence-electron chi connectivity index (χ3n) is 3.60. The lowest BCUT2D eigenvalue weighted by atomic mass is 10.1. The van der Waals surface area contributed by atoms with Gasteiger partial charge in [-0.25, -0.2) is 9.97 Å². The van der Waals surface area contributed by atoms with Gasteiger partial charge in [-0.05, 0) is 45.0 Å². The summed E-state index contributed by atoms with van der Waals surface area (Å²) in [4.78, 5) is 9.10. The Balaban J connectivity index is 1.90. The standard InChI is InChI=1S/C15H18N4/c1-11-10-13(15(16-2)8-9-15)19-14(17-11)18-12-6-4-3-5-7-12/h3-7,10,16H,8-9H2,1-2H3,(H,17,18,19). The van der Waals surface area contributed by atoms with E-state index >= 15 is 0 Å². The molecule has 0 amide bonds. The van der Waals surface area contributed by atoms with Crippen LogP contribution in [-0.2, 0) is 5.54 Å². The van der Waals surface area contributed by atoms with Gasteiger partial charge in [0.15, 0.2) is 0 Å². The number of rotatable bonds is 4. The van der Waals surface area contributed by atoms with Crippen LogP contribution in [0.2, 0.25) is 0 Å². The molecule has 0 saturated heterocycles. The van der Waals surface area contributed by atoms with Crippen molar-refractivity contribution in [2.24, 2.45) is 0 Å². The second kappa shape index (κ2) is 4.63. The Morgan fingerprint density at radius 2 is 1.84 bits per heavy atom. The summed E-state index contributed by atoms with van der Waals surface area (Å²) in [6.07, 6.45) is 2.29. The maximum Gasteiger partial charge on any atom is 0.227 e. The van der Waals surface area contributed by atoms with E-state index in [0.29, 0.717) is 5.95 Å². The number of benzene rings is 1. The number of hydrogen-bond donors (Lipinski definition) is 2. The summed E-state index contributed by atoms with van der Waals surface area (Å²) in [5.74, 6) is 0.669. The Hall–Kier alpha value is -1.94. The van der Waals surface area contributed by atoms with Gasteiger partial charge >= 0.3 is 0 Å². The first-order valence-corrected chi connectivity index (χ1v) is 6.59. The highest BCUT2D eigenvalue weighted by atomic mass is 15.1. The van der Waals surface area contributed by atoms with E-state index in [1.165, 1.54) is 0 Å². The van der Waals surface area contributed by atoms with Crippen molar-refractivity contribution < 1.29 is 0 Å². The zero-order chi connectivity index (χ0) is 13.3. The molecule has 2 N–H and O–H groups in total. The zero-order valence-corrected chi connectivity index (χ0v) is 11.3. The summed E-state index contributed by atoms with van der Waals surface area (Å²) < 4.78 is 0. The maximum atomic E-state index is 4.65.